The fourth-order valence-electron chi connectivity index (χ4n) is 3.60. The van der Waals surface area contributed by atoms with E-state index in [1.165, 1.54) is 44.9 Å². The third kappa shape index (κ3) is 4.41. The van der Waals surface area contributed by atoms with Crippen LogP contribution in [0.15, 0.2) is 48.1 Å². The summed E-state index contributed by atoms with van der Waals surface area (Å²) in [7, 11) is 0. The van der Waals surface area contributed by atoms with Crippen LogP contribution in [0.2, 0.25) is 6.34 Å². The van der Waals surface area contributed by atoms with Crippen molar-refractivity contribution in [2.75, 3.05) is 0 Å². The zero-order chi connectivity index (χ0) is 15.2. The Labute approximate surface area is 142 Å². The molecule has 114 valence electrons. The van der Waals surface area contributed by atoms with Gasteiger partial charge in [0.05, 0.1) is 0 Å². The van der Waals surface area contributed by atoms with Crippen molar-refractivity contribution in [3.05, 3.63) is 48.1 Å². The van der Waals surface area contributed by atoms with Gasteiger partial charge in [0.2, 0.25) is 0 Å². The van der Waals surface area contributed by atoms with Gasteiger partial charge in [0.1, 0.15) is 0 Å². The van der Waals surface area contributed by atoms with E-state index in [4.69, 9.17) is 0 Å². The Balaban J connectivity index is 2.16. The van der Waals surface area contributed by atoms with Crippen molar-refractivity contribution in [3.8, 4) is 0 Å². The molecule has 0 spiro atoms. The quantitative estimate of drug-likeness (QED) is 0.340. The van der Waals surface area contributed by atoms with Crippen molar-refractivity contribution in [1.29, 1.82) is 0 Å². The molecule has 0 aromatic carbocycles. The predicted molar refractivity (Wildman–Crippen MR) is 90.2 cm³/mol. The van der Waals surface area contributed by atoms with E-state index in [1.54, 1.807) is 5.57 Å². The summed E-state index contributed by atoms with van der Waals surface area (Å²) < 4.78 is 0.983. The minimum atomic E-state index is -0.869. The van der Waals surface area contributed by atoms with Crippen molar-refractivity contribution in [2.45, 2.75) is 72.1 Å². The molecule has 1 atom stereocenters. The Morgan fingerprint density at radius 1 is 0.857 bits per heavy atom. The first kappa shape index (κ1) is 17.2. The zero-order valence-corrected chi connectivity index (χ0v) is 17.6. The van der Waals surface area contributed by atoms with Crippen molar-refractivity contribution < 1.29 is 22.9 Å². The van der Waals surface area contributed by atoms with Crippen LogP contribution in [0.3, 0.4) is 0 Å². The summed E-state index contributed by atoms with van der Waals surface area (Å²) in [5, 5.41) is 0. The summed E-state index contributed by atoms with van der Waals surface area (Å²) in [4.78, 5) is 0. The molecule has 1 heteroatoms. The topological polar surface area (TPSA) is 0 Å². The Morgan fingerprint density at radius 2 is 1.52 bits per heavy atom. The summed E-state index contributed by atoms with van der Waals surface area (Å²) in [5.41, 5.74) is 1.62. The van der Waals surface area contributed by atoms with Crippen LogP contribution in [0.1, 0.15) is 65.7 Å². The molecular weight excluding hydrogens is 419 g/mol. The fourth-order valence-corrected chi connectivity index (χ4v) is 12.2. The molecule has 0 heterocycles. The van der Waals surface area contributed by atoms with E-state index < -0.39 is 22.9 Å². The number of unbranched alkanes of at least 4 members (excludes halogenated alkanes) is 1. The molecule has 2 rings (SSSR count). The standard InChI is InChI=1S/C12H19.C8H11.Hf/c1-3-5-7-12-9-8-11(10-12)6-4-2;1-2-5-8-6-3-4-7-8;/h8-10H,3-7H2,1-2H3;3-4,6-7H,2,5H2,1H3;. The summed E-state index contributed by atoms with van der Waals surface area (Å²) >= 11 is -0.869. The summed E-state index contributed by atoms with van der Waals surface area (Å²) in [6, 6.07) is 0. The van der Waals surface area contributed by atoms with E-state index in [0.717, 1.165) is 0 Å². The monoisotopic (exact) mass is 450 g/mol. The van der Waals surface area contributed by atoms with Gasteiger partial charge in [0.15, 0.2) is 0 Å². The van der Waals surface area contributed by atoms with Crippen molar-refractivity contribution in [3.63, 3.8) is 0 Å². The molecule has 2 aliphatic carbocycles. The third-order valence-corrected chi connectivity index (χ3v) is 12.0. The predicted octanol–water partition coefficient (Wildman–Crippen LogP) is 6.80. The molecule has 0 fully saturated rings. The third-order valence-electron chi connectivity index (χ3n) is 4.55. The Hall–Kier alpha value is -0.170. The Kier molecular flexibility index (Phi) is 6.47. The average molecular weight is 449 g/mol. The molecule has 2 aliphatic rings. The van der Waals surface area contributed by atoms with E-state index in [-0.39, 0.29) is 0 Å². The molecule has 0 saturated carbocycles. The van der Waals surface area contributed by atoms with Crippen LogP contribution < -0.4 is 0 Å². The van der Waals surface area contributed by atoms with Crippen LogP contribution in [-0.4, -0.2) is 0 Å². The summed E-state index contributed by atoms with van der Waals surface area (Å²) in [5.74, 6) is 0. The second-order valence-corrected chi connectivity index (χ2v) is 14.2. The van der Waals surface area contributed by atoms with Crippen LogP contribution in [0, 0.1) is 0 Å². The van der Waals surface area contributed by atoms with Crippen LogP contribution in [0.5, 0.6) is 0 Å². The minimum absolute atomic E-state index is 0.491. The van der Waals surface area contributed by atoms with Crippen LogP contribution in [-0.2, 0) is 22.9 Å². The van der Waals surface area contributed by atoms with Crippen molar-refractivity contribution in [2.24, 2.45) is 0 Å². The normalized spacial score (nSPS) is 25.6. The van der Waals surface area contributed by atoms with E-state index in [2.05, 4.69) is 63.3 Å². The van der Waals surface area contributed by atoms with Gasteiger partial charge in [-0.25, -0.2) is 0 Å². The molecule has 21 heavy (non-hydrogen) atoms. The van der Waals surface area contributed by atoms with Gasteiger partial charge < -0.3 is 0 Å². The van der Waals surface area contributed by atoms with E-state index in [0.29, 0.717) is 6.34 Å². The molecule has 0 nitrogen and oxygen atoms in total. The van der Waals surface area contributed by atoms with Crippen LogP contribution in [0.25, 0.3) is 0 Å². The molecule has 0 N–H and O–H groups in total. The first-order chi connectivity index (χ1) is 10.2. The van der Waals surface area contributed by atoms with Gasteiger partial charge in [-0.05, 0) is 0 Å². The van der Waals surface area contributed by atoms with Gasteiger partial charge in [0, 0.05) is 0 Å². The second-order valence-electron chi connectivity index (χ2n) is 6.58. The van der Waals surface area contributed by atoms with Crippen molar-refractivity contribution in [1.82, 2.24) is 0 Å². The first-order valence-electron chi connectivity index (χ1n) is 8.75. The van der Waals surface area contributed by atoms with E-state index in [1.807, 2.05) is 0 Å². The van der Waals surface area contributed by atoms with E-state index in [9.17, 15) is 0 Å². The number of hydrogen-bond donors (Lipinski definition) is 0. The van der Waals surface area contributed by atoms with Crippen molar-refractivity contribution >= 4 is 0 Å². The molecule has 1 unspecified atom stereocenters. The maximum absolute atomic E-state index is 2.69. The van der Waals surface area contributed by atoms with Gasteiger partial charge in [-0.1, -0.05) is 0 Å². The van der Waals surface area contributed by atoms with Gasteiger partial charge in [0.25, 0.3) is 0 Å². The molecule has 0 saturated heterocycles. The maximum atomic E-state index is 2.69. The zero-order valence-electron chi connectivity index (χ0n) is 14.0. The Bertz CT molecular complexity index is 440. The SMILES string of the molecule is CCCCC1=C[C](CCC)([Hf][C]2(CCC)C=CC=C2)C=C1. The number of rotatable bonds is 9. The van der Waals surface area contributed by atoms with Gasteiger partial charge in [-0.15, -0.1) is 0 Å². The second kappa shape index (κ2) is 7.90. The average Bonchev–Trinajstić information content (AvgIpc) is 3.06. The molecule has 0 aliphatic heterocycles. The molecule has 0 amide bonds. The number of hydrogen-bond acceptors (Lipinski definition) is 0. The summed E-state index contributed by atoms with van der Waals surface area (Å²) in [6.45, 7) is 6.98. The van der Waals surface area contributed by atoms with Crippen LogP contribution in [0.4, 0.5) is 0 Å². The van der Waals surface area contributed by atoms with Gasteiger partial charge in [-0.3, -0.25) is 0 Å². The van der Waals surface area contributed by atoms with Gasteiger partial charge >= 0.3 is 143 Å². The molecular formula is C20H30Hf. The molecule has 0 aromatic rings. The first-order valence-corrected chi connectivity index (χ1v) is 12.3. The molecule has 0 bridgehead atoms. The van der Waals surface area contributed by atoms with Crippen LogP contribution >= 0.6 is 0 Å². The Morgan fingerprint density at radius 3 is 2.14 bits per heavy atom. The molecule has 0 radical (unpaired) electrons. The molecule has 0 aromatic heterocycles. The number of allylic oxidation sites excluding steroid dienone is 8. The van der Waals surface area contributed by atoms with E-state index >= 15 is 0 Å². The van der Waals surface area contributed by atoms with Gasteiger partial charge in [-0.2, -0.15) is 0 Å². The fraction of sp³-hybridized carbons (Fsp3) is 0.600. The summed E-state index contributed by atoms with van der Waals surface area (Å²) in [6.07, 6.45) is 26.7.